The smallest absolute Gasteiger partial charge is 0.191 e. The first-order valence-corrected chi connectivity index (χ1v) is 11.1. The van der Waals surface area contributed by atoms with Crippen LogP contribution in [0.5, 0.6) is 0 Å². The lowest BCUT2D eigenvalue weighted by Crippen LogP contribution is -2.53. The van der Waals surface area contributed by atoms with Crippen LogP contribution in [0.3, 0.4) is 0 Å². The molecule has 2 aliphatic heterocycles. The van der Waals surface area contributed by atoms with Crippen molar-refractivity contribution in [2.45, 2.75) is 46.3 Å². The topological polar surface area (TPSA) is 61.4 Å². The molecule has 172 valence electrons. The van der Waals surface area contributed by atoms with Gasteiger partial charge in [0.05, 0.1) is 25.9 Å². The molecule has 2 N–H and O–H groups in total. The van der Waals surface area contributed by atoms with E-state index in [2.05, 4.69) is 53.1 Å². The van der Waals surface area contributed by atoms with Gasteiger partial charge in [-0.3, -0.25) is 14.8 Å². The van der Waals surface area contributed by atoms with Crippen LogP contribution in [0.15, 0.2) is 4.99 Å². The summed E-state index contributed by atoms with van der Waals surface area (Å²) < 4.78 is 11.5. The Kier molecular flexibility index (Phi) is 13.7. The summed E-state index contributed by atoms with van der Waals surface area (Å²) in [4.78, 5) is 9.48. The molecule has 2 unspecified atom stereocenters. The molecule has 8 heteroatoms. The van der Waals surface area contributed by atoms with Gasteiger partial charge < -0.3 is 20.1 Å². The van der Waals surface area contributed by atoms with Crippen molar-refractivity contribution < 1.29 is 9.47 Å². The molecule has 0 bridgehead atoms. The number of morpholine rings is 2. The number of halogens is 1. The van der Waals surface area contributed by atoms with Crippen LogP contribution in [0.2, 0.25) is 0 Å². The van der Waals surface area contributed by atoms with Gasteiger partial charge in [-0.15, -0.1) is 24.0 Å². The second-order valence-electron chi connectivity index (χ2n) is 8.91. The van der Waals surface area contributed by atoms with E-state index in [9.17, 15) is 0 Å². The SMILES string of the molecule is CN=C(NCC1CN(CC(C)C)CCO1)NCC(CC(C)C)N1CCOCC1.I. The molecule has 7 nitrogen and oxygen atoms in total. The predicted octanol–water partition coefficient (Wildman–Crippen LogP) is 1.87. The van der Waals surface area contributed by atoms with E-state index in [1.165, 1.54) is 6.42 Å². The second-order valence-corrected chi connectivity index (χ2v) is 8.91. The highest BCUT2D eigenvalue weighted by molar-refractivity contribution is 14.0. The van der Waals surface area contributed by atoms with E-state index in [4.69, 9.17) is 9.47 Å². The van der Waals surface area contributed by atoms with Crippen LogP contribution in [-0.4, -0.2) is 101 Å². The van der Waals surface area contributed by atoms with E-state index in [1.807, 2.05) is 7.05 Å². The molecule has 0 aromatic rings. The zero-order valence-corrected chi connectivity index (χ0v) is 21.5. The molecule has 2 saturated heterocycles. The minimum atomic E-state index is 0. The molecule has 2 atom stereocenters. The predicted molar refractivity (Wildman–Crippen MR) is 131 cm³/mol. The lowest BCUT2D eigenvalue weighted by Gasteiger charge is -2.36. The third kappa shape index (κ3) is 10.6. The summed E-state index contributed by atoms with van der Waals surface area (Å²) in [6.07, 6.45) is 1.40. The summed E-state index contributed by atoms with van der Waals surface area (Å²) in [6, 6.07) is 0.509. The van der Waals surface area contributed by atoms with Crippen molar-refractivity contribution in [1.82, 2.24) is 20.4 Å². The highest BCUT2D eigenvalue weighted by Gasteiger charge is 2.23. The Balaban J connectivity index is 0.00000420. The quantitative estimate of drug-likeness (QED) is 0.273. The van der Waals surface area contributed by atoms with Gasteiger partial charge in [0.1, 0.15) is 0 Å². The van der Waals surface area contributed by atoms with Crippen molar-refractivity contribution in [3.63, 3.8) is 0 Å². The summed E-state index contributed by atoms with van der Waals surface area (Å²) in [5.41, 5.74) is 0. The third-order valence-electron chi connectivity index (χ3n) is 5.38. The molecule has 2 rings (SSSR count). The first-order chi connectivity index (χ1) is 13.5. The van der Waals surface area contributed by atoms with Crippen molar-refractivity contribution in [2.75, 3.05) is 72.7 Å². The number of ether oxygens (including phenoxy) is 2. The monoisotopic (exact) mass is 525 g/mol. The first kappa shape index (κ1) is 26.9. The van der Waals surface area contributed by atoms with Gasteiger partial charge in [-0.25, -0.2) is 0 Å². The lowest BCUT2D eigenvalue weighted by atomic mass is 10.0. The molecule has 2 aliphatic rings. The number of hydrogen-bond acceptors (Lipinski definition) is 5. The summed E-state index contributed by atoms with van der Waals surface area (Å²) in [7, 11) is 1.84. The maximum Gasteiger partial charge on any atom is 0.191 e. The largest absolute Gasteiger partial charge is 0.379 e. The van der Waals surface area contributed by atoms with E-state index >= 15 is 0 Å². The fourth-order valence-corrected chi connectivity index (χ4v) is 4.08. The summed E-state index contributed by atoms with van der Waals surface area (Å²) >= 11 is 0. The average Bonchev–Trinajstić information content (AvgIpc) is 2.67. The van der Waals surface area contributed by atoms with Crippen LogP contribution >= 0.6 is 24.0 Å². The standard InChI is InChI=1S/C21H43N5O2.HI/c1-17(2)12-19(26-7-9-27-10-8-26)13-23-21(22-5)24-14-20-16-25(6-11-28-20)15-18(3)4;/h17-20H,6-16H2,1-5H3,(H2,22,23,24);1H. The average molecular weight is 526 g/mol. The summed E-state index contributed by atoms with van der Waals surface area (Å²) in [5, 5.41) is 7.01. The Hall–Kier alpha value is -0.160. The van der Waals surface area contributed by atoms with Crippen molar-refractivity contribution >= 4 is 29.9 Å². The number of hydrogen-bond donors (Lipinski definition) is 2. The van der Waals surface area contributed by atoms with Crippen LogP contribution in [0.1, 0.15) is 34.1 Å². The number of rotatable bonds is 9. The fourth-order valence-electron chi connectivity index (χ4n) is 4.08. The zero-order valence-electron chi connectivity index (χ0n) is 19.2. The Morgan fingerprint density at radius 1 is 1.03 bits per heavy atom. The highest BCUT2D eigenvalue weighted by atomic mass is 127. The van der Waals surface area contributed by atoms with Crippen molar-refractivity contribution in [1.29, 1.82) is 0 Å². The summed E-state index contributed by atoms with van der Waals surface area (Å²) in [6.45, 7) is 18.6. The molecular weight excluding hydrogens is 481 g/mol. The molecule has 0 aromatic heterocycles. The lowest BCUT2D eigenvalue weighted by molar-refractivity contribution is -0.0284. The van der Waals surface area contributed by atoms with Gasteiger partial charge in [-0.2, -0.15) is 0 Å². The van der Waals surface area contributed by atoms with Gasteiger partial charge in [0, 0.05) is 58.9 Å². The molecule has 0 aliphatic carbocycles. The minimum absolute atomic E-state index is 0. The van der Waals surface area contributed by atoms with Gasteiger partial charge in [-0.1, -0.05) is 27.7 Å². The van der Waals surface area contributed by atoms with Crippen LogP contribution in [-0.2, 0) is 9.47 Å². The Morgan fingerprint density at radius 3 is 2.38 bits per heavy atom. The zero-order chi connectivity index (χ0) is 20.4. The van der Waals surface area contributed by atoms with E-state index < -0.39 is 0 Å². The maximum absolute atomic E-state index is 5.95. The van der Waals surface area contributed by atoms with Crippen molar-refractivity contribution in [3.8, 4) is 0 Å². The second kappa shape index (κ2) is 14.8. The molecule has 0 saturated carbocycles. The number of aliphatic imine (C=N–C) groups is 1. The third-order valence-corrected chi connectivity index (χ3v) is 5.38. The van der Waals surface area contributed by atoms with Gasteiger partial charge in [0.15, 0.2) is 5.96 Å². The van der Waals surface area contributed by atoms with Crippen LogP contribution in [0, 0.1) is 11.8 Å². The molecule has 0 aromatic carbocycles. The van der Waals surface area contributed by atoms with Gasteiger partial charge in [0.25, 0.3) is 0 Å². The van der Waals surface area contributed by atoms with Crippen molar-refractivity contribution in [3.05, 3.63) is 0 Å². The van der Waals surface area contributed by atoms with E-state index in [0.29, 0.717) is 17.9 Å². The first-order valence-electron chi connectivity index (χ1n) is 11.1. The maximum atomic E-state index is 5.95. The molecule has 2 fully saturated rings. The van der Waals surface area contributed by atoms with Gasteiger partial charge in [0.2, 0.25) is 0 Å². The number of nitrogens with zero attached hydrogens (tertiary/aromatic N) is 3. The molecule has 0 spiro atoms. The van der Waals surface area contributed by atoms with Crippen LogP contribution in [0.4, 0.5) is 0 Å². The molecular formula is C21H44IN5O2. The van der Waals surface area contributed by atoms with Crippen LogP contribution < -0.4 is 10.6 Å². The minimum Gasteiger partial charge on any atom is -0.379 e. The Labute approximate surface area is 195 Å². The molecule has 0 radical (unpaired) electrons. The molecule has 0 amide bonds. The van der Waals surface area contributed by atoms with E-state index in [-0.39, 0.29) is 30.1 Å². The van der Waals surface area contributed by atoms with Gasteiger partial charge in [-0.05, 0) is 18.3 Å². The normalized spacial score (nSPS) is 23.1. The Bertz CT molecular complexity index is 458. The highest BCUT2D eigenvalue weighted by Crippen LogP contribution is 2.13. The van der Waals surface area contributed by atoms with E-state index in [1.54, 1.807) is 0 Å². The number of nitrogens with one attached hydrogen (secondary N) is 2. The summed E-state index contributed by atoms with van der Waals surface area (Å²) in [5.74, 6) is 2.23. The van der Waals surface area contributed by atoms with Crippen LogP contribution in [0.25, 0.3) is 0 Å². The Morgan fingerprint density at radius 2 is 1.76 bits per heavy atom. The van der Waals surface area contributed by atoms with E-state index in [0.717, 1.165) is 71.6 Å². The molecule has 29 heavy (non-hydrogen) atoms. The fraction of sp³-hybridized carbons (Fsp3) is 0.952. The van der Waals surface area contributed by atoms with Crippen molar-refractivity contribution in [2.24, 2.45) is 16.8 Å². The van der Waals surface area contributed by atoms with Gasteiger partial charge >= 0.3 is 0 Å². The molecule has 2 heterocycles. The number of guanidine groups is 1.